The molecule has 0 heterocycles. The second-order valence-corrected chi connectivity index (χ2v) is 6.47. The van der Waals surface area contributed by atoms with E-state index in [4.69, 9.17) is 0 Å². The molecule has 2 amide bonds. The molecule has 0 spiro atoms. The molecule has 26 heavy (non-hydrogen) atoms. The fourth-order valence-electron chi connectivity index (χ4n) is 2.77. The molecule has 2 rings (SSSR count). The maximum atomic E-state index is 13.0. The number of hydrogen-bond donors (Lipinski definition) is 1. The molecule has 4 nitrogen and oxygen atoms in total. The first kappa shape index (κ1) is 19.6. The zero-order chi connectivity index (χ0) is 19.1. The molecule has 0 fully saturated rings. The predicted octanol–water partition coefficient (Wildman–Crippen LogP) is 3.98. The number of hydrogen-bond acceptors (Lipinski definition) is 2. The van der Waals surface area contributed by atoms with Gasteiger partial charge < -0.3 is 10.2 Å². The van der Waals surface area contributed by atoms with Gasteiger partial charge in [-0.05, 0) is 41.7 Å². The number of rotatable bonds is 7. The first-order chi connectivity index (χ1) is 12.4. The van der Waals surface area contributed by atoms with Crippen LogP contribution in [0.15, 0.2) is 48.5 Å². The minimum absolute atomic E-state index is 0.00692. The maximum Gasteiger partial charge on any atom is 0.243 e. The van der Waals surface area contributed by atoms with Crippen LogP contribution in [-0.2, 0) is 16.0 Å². The topological polar surface area (TPSA) is 49.4 Å². The van der Waals surface area contributed by atoms with Crippen LogP contribution in [0.1, 0.15) is 37.3 Å². The van der Waals surface area contributed by atoms with Crippen molar-refractivity contribution < 1.29 is 14.0 Å². The van der Waals surface area contributed by atoms with Gasteiger partial charge in [0.25, 0.3) is 0 Å². The lowest BCUT2D eigenvalue weighted by atomic mass is 9.97. The minimum Gasteiger partial charge on any atom is -0.336 e. The summed E-state index contributed by atoms with van der Waals surface area (Å²) in [7, 11) is 1.62. The minimum atomic E-state index is -0.298. The van der Waals surface area contributed by atoms with E-state index in [-0.39, 0.29) is 36.5 Å². The van der Waals surface area contributed by atoms with E-state index in [1.807, 2.05) is 38.1 Å². The monoisotopic (exact) mass is 356 g/mol. The van der Waals surface area contributed by atoms with Crippen LogP contribution in [0.25, 0.3) is 0 Å². The summed E-state index contributed by atoms with van der Waals surface area (Å²) in [6.07, 6.45) is 1.08. The van der Waals surface area contributed by atoms with Crippen LogP contribution in [0, 0.1) is 5.82 Å². The van der Waals surface area contributed by atoms with Crippen LogP contribution < -0.4 is 5.32 Å². The largest absolute Gasteiger partial charge is 0.336 e. The van der Waals surface area contributed by atoms with Crippen molar-refractivity contribution in [3.63, 3.8) is 0 Å². The van der Waals surface area contributed by atoms with E-state index in [0.29, 0.717) is 0 Å². The molecule has 0 aliphatic rings. The van der Waals surface area contributed by atoms with E-state index < -0.39 is 0 Å². The molecule has 0 radical (unpaired) electrons. The second-order valence-electron chi connectivity index (χ2n) is 6.47. The molecule has 1 N–H and O–H groups in total. The summed E-state index contributed by atoms with van der Waals surface area (Å²) in [5.41, 5.74) is 2.73. The Hall–Kier alpha value is -2.69. The molecule has 0 bridgehead atoms. The van der Waals surface area contributed by atoms with Crippen molar-refractivity contribution in [2.75, 3.05) is 18.9 Å². The van der Waals surface area contributed by atoms with Crippen LogP contribution >= 0.6 is 0 Å². The van der Waals surface area contributed by atoms with Crippen molar-refractivity contribution in [1.82, 2.24) is 4.90 Å². The van der Waals surface area contributed by atoms with Crippen molar-refractivity contribution in [3.8, 4) is 0 Å². The van der Waals surface area contributed by atoms with Gasteiger partial charge in [0, 0.05) is 19.2 Å². The first-order valence-corrected chi connectivity index (χ1v) is 8.78. The summed E-state index contributed by atoms with van der Waals surface area (Å²) in [6, 6.07) is 13.8. The third-order valence-corrected chi connectivity index (χ3v) is 4.40. The molecule has 1 unspecified atom stereocenters. The standard InChI is InChI=1S/C21H25FN2O2/c1-4-16-7-5-6-8-19(16)23-20(25)14-24(3)21(26)13-15(2)17-9-11-18(22)12-10-17/h5-12,15H,4,13-14H2,1-3H3,(H,23,25). The number of halogens is 1. The quantitative estimate of drug-likeness (QED) is 0.816. The Morgan fingerprint density at radius 3 is 2.42 bits per heavy atom. The van der Waals surface area contributed by atoms with Crippen LogP contribution in [0.5, 0.6) is 0 Å². The van der Waals surface area contributed by atoms with Gasteiger partial charge >= 0.3 is 0 Å². The maximum absolute atomic E-state index is 13.0. The summed E-state index contributed by atoms with van der Waals surface area (Å²) in [5, 5.41) is 2.86. The number of nitrogens with zero attached hydrogens (tertiary/aromatic N) is 1. The van der Waals surface area contributed by atoms with E-state index in [0.717, 1.165) is 23.2 Å². The number of aryl methyl sites for hydroxylation is 1. The van der Waals surface area contributed by atoms with Crippen molar-refractivity contribution in [2.24, 2.45) is 0 Å². The van der Waals surface area contributed by atoms with Gasteiger partial charge in [-0.3, -0.25) is 9.59 Å². The lowest BCUT2D eigenvalue weighted by Gasteiger charge is -2.20. The molecule has 138 valence electrons. The Bertz CT molecular complexity index is 759. The molecule has 0 saturated carbocycles. The number of likely N-dealkylation sites (N-methyl/N-ethyl adjacent to an activating group) is 1. The van der Waals surface area contributed by atoms with Crippen molar-refractivity contribution in [2.45, 2.75) is 32.6 Å². The van der Waals surface area contributed by atoms with Crippen LogP contribution in [0.3, 0.4) is 0 Å². The number of carbonyl (C=O) groups excluding carboxylic acids is 2. The molecule has 0 aromatic heterocycles. The number of carbonyl (C=O) groups is 2. The second kappa shape index (κ2) is 9.13. The van der Waals surface area contributed by atoms with E-state index >= 15 is 0 Å². The van der Waals surface area contributed by atoms with Gasteiger partial charge in [0.1, 0.15) is 5.82 Å². The zero-order valence-corrected chi connectivity index (χ0v) is 15.5. The molecule has 0 saturated heterocycles. The van der Waals surface area contributed by atoms with Gasteiger partial charge in [-0.15, -0.1) is 0 Å². The molecule has 5 heteroatoms. The number of anilines is 1. The zero-order valence-electron chi connectivity index (χ0n) is 15.5. The van der Waals surface area contributed by atoms with Gasteiger partial charge in [0.2, 0.25) is 11.8 Å². The number of benzene rings is 2. The van der Waals surface area contributed by atoms with Crippen molar-refractivity contribution in [1.29, 1.82) is 0 Å². The smallest absolute Gasteiger partial charge is 0.243 e. The van der Waals surface area contributed by atoms with E-state index in [1.165, 1.54) is 17.0 Å². The van der Waals surface area contributed by atoms with Gasteiger partial charge in [0.15, 0.2) is 0 Å². The van der Waals surface area contributed by atoms with Gasteiger partial charge in [-0.1, -0.05) is 44.2 Å². The highest BCUT2D eigenvalue weighted by molar-refractivity contribution is 5.95. The van der Waals surface area contributed by atoms with Crippen LogP contribution in [0.4, 0.5) is 10.1 Å². The SMILES string of the molecule is CCc1ccccc1NC(=O)CN(C)C(=O)CC(C)c1ccc(F)cc1. The van der Waals surface area contributed by atoms with Gasteiger partial charge in [-0.2, -0.15) is 0 Å². The van der Waals surface area contributed by atoms with Gasteiger partial charge in [0.05, 0.1) is 6.54 Å². The fraction of sp³-hybridized carbons (Fsp3) is 0.333. The Morgan fingerprint density at radius 2 is 1.77 bits per heavy atom. The highest BCUT2D eigenvalue weighted by Gasteiger charge is 2.17. The predicted molar refractivity (Wildman–Crippen MR) is 102 cm³/mol. The lowest BCUT2D eigenvalue weighted by Crippen LogP contribution is -2.35. The molecule has 2 aromatic carbocycles. The summed E-state index contributed by atoms with van der Waals surface area (Å²) < 4.78 is 13.0. The van der Waals surface area contributed by atoms with E-state index in [9.17, 15) is 14.0 Å². The molecular weight excluding hydrogens is 331 g/mol. The Labute approximate surface area is 154 Å². The Balaban J connectivity index is 1.89. The molecule has 0 aliphatic heterocycles. The third kappa shape index (κ3) is 5.41. The average Bonchev–Trinajstić information content (AvgIpc) is 2.62. The van der Waals surface area contributed by atoms with Gasteiger partial charge in [-0.25, -0.2) is 4.39 Å². The molecule has 1 atom stereocenters. The Morgan fingerprint density at radius 1 is 1.12 bits per heavy atom. The highest BCUT2D eigenvalue weighted by atomic mass is 19.1. The lowest BCUT2D eigenvalue weighted by molar-refractivity contribution is -0.133. The summed E-state index contributed by atoms with van der Waals surface area (Å²) in [6.45, 7) is 3.93. The summed E-state index contributed by atoms with van der Waals surface area (Å²) in [4.78, 5) is 26.0. The van der Waals surface area contributed by atoms with Crippen molar-refractivity contribution in [3.05, 3.63) is 65.5 Å². The van der Waals surface area contributed by atoms with E-state index in [1.54, 1.807) is 19.2 Å². The Kier molecular flexibility index (Phi) is 6.89. The average molecular weight is 356 g/mol. The van der Waals surface area contributed by atoms with Crippen LogP contribution in [0.2, 0.25) is 0 Å². The number of nitrogens with one attached hydrogen (secondary N) is 1. The highest BCUT2D eigenvalue weighted by Crippen LogP contribution is 2.20. The van der Waals surface area contributed by atoms with E-state index in [2.05, 4.69) is 5.32 Å². The molecule has 2 aromatic rings. The van der Waals surface area contributed by atoms with Crippen LogP contribution in [-0.4, -0.2) is 30.3 Å². The molecular formula is C21H25FN2O2. The fourth-order valence-corrected chi connectivity index (χ4v) is 2.77. The summed E-state index contributed by atoms with van der Waals surface area (Å²) in [5.74, 6) is -0.695. The number of para-hydroxylation sites is 1. The summed E-state index contributed by atoms with van der Waals surface area (Å²) >= 11 is 0. The number of amides is 2. The van der Waals surface area contributed by atoms with Crippen molar-refractivity contribution >= 4 is 17.5 Å². The molecule has 0 aliphatic carbocycles. The third-order valence-electron chi connectivity index (χ3n) is 4.40. The normalized spacial score (nSPS) is 11.7. The first-order valence-electron chi connectivity index (χ1n) is 8.78.